The third kappa shape index (κ3) is 5.21. The molecular weight excluding hydrogens is 749 g/mol. The Morgan fingerprint density at radius 2 is 1.78 bits per heavy atom. The molecule has 1 saturated carbocycles. The third-order valence-electron chi connectivity index (χ3n) is 15.3. The van der Waals surface area contributed by atoms with Crippen LogP contribution in [0.5, 0.6) is 5.75 Å². The third-order valence-corrected chi connectivity index (χ3v) is 15.3. The number of ether oxygens (including phenoxy) is 4. The van der Waals surface area contributed by atoms with Gasteiger partial charge in [-0.25, -0.2) is 4.79 Å². The van der Waals surface area contributed by atoms with Gasteiger partial charge in [0.15, 0.2) is 6.10 Å². The summed E-state index contributed by atoms with van der Waals surface area (Å²) in [4.78, 5) is 53.5. The van der Waals surface area contributed by atoms with Gasteiger partial charge in [-0.3, -0.25) is 19.4 Å². The van der Waals surface area contributed by atoms with Crippen molar-refractivity contribution in [3.8, 4) is 5.75 Å². The SMILES string of the molecule is CCC1=C[C@@H]2CN(CCc3c([nH]c4ccc(C)cc34)[C@@](C(=O)OC)(c3cc4c(cc3OC)N(C)C3C(O)(C(=O)OC)[C@H](OC(C)=O)[C@]5(CC)C=CCN6CC[C@]43[C@@H]65)C2)C1. The van der Waals surface area contributed by atoms with Gasteiger partial charge in [0.1, 0.15) is 11.2 Å². The van der Waals surface area contributed by atoms with Crippen molar-refractivity contribution in [2.75, 3.05) is 66.0 Å². The minimum atomic E-state index is -2.28. The molecule has 6 aliphatic rings. The molecule has 3 aromatic rings. The molecule has 9 atom stereocenters. The smallest absolute Gasteiger partial charge is 0.344 e. The fourth-order valence-corrected chi connectivity index (χ4v) is 13.2. The number of aryl methyl sites for hydroxylation is 1. The second-order valence-corrected chi connectivity index (χ2v) is 18.0. The van der Waals surface area contributed by atoms with E-state index in [9.17, 15) is 14.7 Å². The first-order valence-corrected chi connectivity index (χ1v) is 21.3. The van der Waals surface area contributed by atoms with Crippen molar-refractivity contribution in [2.24, 2.45) is 11.3 Å². The van der Waals surface area contributed by atoms with Crippen molar-refractivity contribution >= 4 is 34.5 Å². The topological polar surface area (TPSA) is 134 Å². The van der Waals surface area contributed by atoms with E-state index >= 15 is 4.79 Å². The van der Waals surface area contributed by atoms with Gasteiger partial charge >= 0.3 is 17.9 Å². The quantitative estimate of drug-likeness (QED) is 0.188. The summed E-state index contributed by atoms with van der Waals surface area (Å²) < 4.78 is 24.0. The lowest BCUT2D eigenvalue weighted by Crippen LogP contribution is -2.81. The molecule has 314 valence electrons. The summed E-state index contributed by atoms with van der Waals surface area (Å²) in [5.41, 5.74) is 2.25. The number of hydrogen-bond acceptors (Lipinski definition) is 11. The average Bonchev–Trinajstić information content (AvgIpc) is 3.89. The minimum absolute atomic E-state index is 0.0187. The fraction of sp³-hybridized carbons (Fsp3) is 0.553. The summed E-state index contributed by atoms with van der Waals surface area (Å²) in [5.74, 6) is -1.31. The van der Waals surface area contributed by atoms with Gasteiger partial charge in [0.05, 0.1) is 27.4 Å². The van der Waals surface area contributed by atoms with Crippen LogP contribution in [0.25, 0.3) is 10.9 Å². The molecule has 9 rings (SSSR count). The van der Waals surface area contributed by atoms with Crippen LogP contribution in [0, 0.1) is 18.3 Å². The molecule has 12 heteroatoms. The molecule has 1 spiro atoms. The number of carbonyl (C=O) groups excluding carboxylic acids is 3. The molecule has 0 amide bonds. The Labute approximate surface area is 346 Å². The highest BCUT2D eigenvalue weighted by molar-refractivity contribution is 5.95. The van der Waals surface area contributed by atoms with E-state index in [-0.39, 0.29) is 17.9 Å². The van der Waals surface area contributed by atoms with Crippen molar-refractivity contribution in [2.45, 2.75) is 94.4 Å². The van der Waals surface area contributed by atoms with Crippen LogP contribution in [0.4, 0.5) is 5.69 Å². The van der Waals surface area contributed by atoms with E-state index in [1.54, 1.807) is 7.11 Å². The molecule has 12 nitrogen and oxygen atoms in total. The van der Waals surface area contributed by atoms with E-state index in [2.05, 4.69) is 71.1 Å². The van der Waals surface area contributed by atoms with Gasteiger partial charge in [-0.1, -0.05) is 49.3 Å². The van der Waals surface area contributed by atoms with Crippen LogP contribution < -0.4 is 9.64 Å². The minimum Gasteiger partial charge on any atom is -0.496 e. The first kappa shape index (κ1) is 39.8. The molecule has 0 radical (unpaired) electrons. The lowest BCUT2D eigenvalue weighted by Gasteiger charge is -2.63. The molecule has 2 fully saturated rings. The van der Waals surface area contributed by atoms with Crippen LogP contribution in [0.3, 0.4) is 0 Å². The second kappa shape index (κ2) is 14.0. The predicted octanol–water partition coefficient (Wildman–Crippen LogP) is 5.10. The lowest BCUT2D eigenvalue weighted by molar-refractivity contribution is -0.228. The molecule has 1 aliphatic carbocycles. The maximum Gasteiger partial charge on any atom is 0.344 e. The molecule has 5 aliphatic heterocycles. The molecule has 2 N–H and O–H groups in total. The predicted molar refractivity (Wildman–Crippen MR) is 224 cm³/mol. The highest BCUT2D eigenvalue weighted by Gasteiger charge is 2.80. The van der Waals surface area contributed by atoms with Gasteiger partial charge in [-0.15, -0.1) is 0 Å². The maximum absolute atomic E-state index is 15.4. The Morgan fingerprint density at radius 3 is 2.47 bits per heavy atom. The number of fused-ring (bicyclic) bond motifs is 6. The molecule has 1 aromatic heterocycles. The zero-order valence-corrected chi connectivity index (χ0v) is 35.6. The largest absolute Gasteiger partial charge is 0.496 e. The number of carbonyl (C=O) groups is 3. The van der Waals surface area contributed by atoms with Crippen LogP contribution in [-0.2, 0) is 45.8 Å². The first-order chi connectivity index (χ1) is 28.3. The summed E-state index contributed by atoms with van der Waals surface area (Å²) in [6.45, 7) is 11.5. The number of aliphatic hydroxyl groups is 1. The molecule has 3 unspecified atom stereocenters. The van der Waals surface area contributed by atoms with Crippen molar-refractivity contribution in [1.29, 1.82) is 0 Å². The van der Waals surface area contributed by atoms with Gasteiger partial charge in [-0.2, -0.15) is 0 Å². The van der Waals surface area contributed by atoms with Gasteiger partial charge in [0.25, 0.3) is 0 Å². The van der Waals surface area contributed by atoms with Crippen LogP contribution in [0.15, 0.2) is 54.1 Å². The van der Waals surface area contributed by atoms with E-state index in [4.69, 9.17) is 18.9 Å². The highest BCUT2D eigenvalue weighted by atomic mass is 16.6. The zero-order valence-electron chi connectivity index (χ0n) is 35.6. The second-order valence-electron chi connectivity index (χ2n) is 18.0. The maximum atomic E-state index is 15.4. The number of methoxy groups -OCH3 is 3. The van der Waals surface area contributed by atoms with Gasteiger partial charge in [0.2, 0.25) is 5.60 Å². The average molecular weight is 807 g/mol. The normalized spacial score (nSPS) is 34.4. The van der Waals surface area contributed by atoms with E-state index in [1.165, 1.54) is 26.7 Å². The van der Waals surface area contributed by atoms with Crippen LogP contribution >= 0.6 is 0 Å². The molecule has 6 heterocycles. The standard InChI is InChI=1S/C47H58N4O8/c1-9-29-21-30-24-46(42(53)57-7,38-31(14-18-50(25-29)26-30)32-20-27(3)12-13-35(32)48-38)34-22-33-36(23-37(34)56-6)49(5)40-45(33)16-19-51-17-11-15-44(10-2,39(45)51)41(59-28(4)52)47(40,55)43(54)58-8/h11-13,15,20-23,30,39-41,48,55H,9-10,14,16-19,24-26H2,1-8H3/t30-,39-,40?,41+,44+,45+,46-,47?/m0/s1. The van der Waals surface area contributed by atoms with Crippen LogP contribution in [0.1, 0.15) is 74.4 Å². The van der Waals surface area contributed by atoms with Crippen molar-refractivity contribution in [1.82, 2.24) is 14.8 Å². The summed E-state index contributed by atoms with van der Waals surface area (Å²) in [5, 5.41) is 14.4. The highest BCUT2D eigenvalue weighted by Crippen LogP contribution is 2.68. The molecule has 59 heavy (non-hydrogen) atoms. The van der Waals surface area contributed by atoms with Crippen molar-refractivity contribution < 1.29 is 38.4 Å². The number of H-pyrrole nitrogens is 1. The van der Waals surface area contributed by atoms with Crippen LogP contribution in [0.2, 0.25) is 0 Å². The Balaban J connectivity index is 1.38. The number of nitrogens with one attached hydrogen (secondary N) is 1. The van der Waals surface area contributed by atoms with Crippen LogP contribution in [-0.4, -0.2) is 123 Å². The van der Waals surface area contributed by atoms with Gasteiger partial charge in [0, 0.05) is 90.9 Å². The van der Waals surface area contributed by atoms with Gasteiger partial charge < -0.3 is 33.9 Å². The number of nitrogens with zero attached hydrogens (tertiary/aromatic N) is 3. The summed E-state index contributed by atoms with van der Waals surface area (Å²) >= 11 is 0. The first-order valence-electron chi connectivity index (χ1n) is 21.3. The number of esters is 3. The number of hydrogen-bond donors (Lipinski definition) is 2. The number of likely N-dealkylation sites (N-methyl/N-ethyl adjacent to an activating group) is 1. The molecule has 2 bridgehead atoms. The van der Waals surface area contributed by atoms with E-state index < -0.39 is 45.9 Å². The number of anilines is 1. The molecule has 1 saturated heterocycles. The Hall–Kier alpha value is -4.65. The van der Waals surface area contributed by atoms with Crippen molar-refractivity contribution in [3.05, 3.63) is 82.1 Å². The van der Waals surface area contributed by atoms with Crippen molar-refractivity contribution in [3.63, 3.8) is 0 Å². The Morgan fingerprint density at radius 1 is 1.00 bits per heavy atom. The monoisotopic (exact) mass is 806 g/mol. The number of aromatic nitrogens is 1. The Kier molecular flexibility index (Phi) is 9.41. The molecular formula is C47H58N4O8. The van der Waals surface area contributed by atoms with Gasteiger partial charge in [-0.05, 0) is 80.8 Å². The number of rotatable bonds is 7. The summed E-state index contributed by atoms with van der Waals surface area (Å²) in [6.07, 6.45) is 8.43. The zero-order chi connectivity index (χ0) is 41.8. The fourth-order valence-electron chi connectivity index (χ4n) is 13.2. The van der Waals surface area contributed by atoms with E-state index in [0.717, 1.165) is 71.5 Å². The summed E-state index contributed by atoms with van der Waals surface area (Å²) in [6, 6.07) is 9.36. The summed E-state index contributed by atoms with van der Waals surface area (Å²) in [7, 11) is 6.26. The van der Waals surface area contributed by atoms with E-state index in [0.29, 0.717) is 43.7 Å². The van der Waals surface area contributed by atoms with E-state index in [1.807, 2.05) is 24.9 Å². The Bertz CT molecular complexity index is 2320. The molecule has 2 aromatic carbocycles. The number of benzene rings is 2. The number of aromatic amines is 1. The lowest BCUT2D eigenvalue weighted by atomic mass is 9.47.